The van der Waals surface area contributed by atoms with Crippen molar-refractivity contribution in [1.29, 1.82) is 0 Å². The molecule has 0 fully saturated rings. The molecule has 0 N–H and O–H groups in total. The predicted octanol–water partition coefficient (Wildman–Crippen LogP) is 4.91. The van der Waals surface area contributed by atoms with E-state index in [1.807, 2.05) is 14.2 Å². The van der Waals surface area contributed by atoms with Crippen molar-refractivity contribution < 1.29 is 8.85 Å². The Labute approximate surface area is 130 Å². The molecule has 3 heteroatoms. The lowest BCUT2D eigenvalue weighted by molar-refractivity contribution is 0.258. The molecule has 116 valence electrons. The topological polar surface area (TPSA) is 18.5 Å². The van der Waals surface area contributed by atoms with Gasteiger partial charge in [0, 0.05) is 14.2 Å². The van der Waals surface area contributed by atoms with E-state index in [1.54, 1.807) is 0 Å². The molecular formula is C18H28O2Si. The van der Waals surface area contributed by atoms with Crippen molar-refractivity contribution in [2.45, 2.75) is 51.4 Å². The van der Waals surface area contributed by atoms with E-state index in [1.165, 1.54) is 48.9 Å². The van der Waals surface area contributed by atoms with Gasteiger partial charge in [-0.3, -0.25) is 0 Å². The first-order valence-corrected chi connectivity index (χ1v) is 9.98. The van der Waals surface area contributed by atoms with Crippen LogP contribution in [-0.4, -0.2) is 22.8 Å². The molecule has 0 unspecified atom stereocenters. The van der Waals surface area contributed by atoms with Crippen molar-refractivity contribution in [3.63, 3.8) is 0 Å². The fraction of sp³-hybridized carbons (Fsp3) is 0.556. The first-order valence-electron chi connectivity index (χ1n) is 8.16. The number of hydrogen-bond donors (Lipinski definition) is 0. The van der Waals surface area contributed by atoms with Crippen molar-refractivity contribution >= 4 is 8.56 Å². The van der Waals surface area contributed by atoms with Crippen LogP contribution in [0.2, 0.25) is 0 Å². The highest BCUT2D eigenvalue weighted by Crippen LogP contribution is 2.33. The Morgan fingerprint density at radius 2 is 1.24 bits per heavy atom. The summed E-state index contributed by atoms with van der Waals surface area (Å²) >= 11 is 0. The Balaban J connectivity index is 2.37. The highest BCUT2D eigenvalue weighted by atomic mass is 28.4. The minimum atomic E-state index is -2.43. The van der Waals surface area contributed by atoms with Crippen LogP contribution >= 0.6 is 0 Å². The molecule has 21 heavy (non-hydrogen) atoms. The molecule has 0 spiro atoms. The van der Waals surface area contributed by atoms with Crippen molar-refractivity contribution in [3.05, 3.63) is 46.8 Å². The van der Waals surface area contributed by atoms with Gasteiger partial charge in [0.2, 0.25) is 0 Å². The monoisotopic (exact) mass is 304 g/mol. The van der Waals surface area contributed by atoms with E-state index in [4.69, 9.17) is 8.85 Å². The van der Waals surface area contributed by atoms with E-state index < -0.39 is 8.56 Å². The third kappa shape index (κ3) is 4.06. The summed E-state index contributed by atoms with van der Waals surface area (Å²) in [5.41, 5.74) is 0. The van der Waals surface area contributed by atoms with Gasteiger partial charge in [-0.2, -0.15) is 0 Å². The minimum Gasteiger partial charge on any atom is -0.391 e. The Morgan fingerprint density at radius 1 is 0.762 bits per heavy atom. The van der Waals surface area contributed by atoms with Crippen LogP contribution in [0, 0.1) is 0 Å². The second-order valence-corrected chi connectivity index (χ2v) is 9.09. The van der Waals surface area contributed by atoms with Crippen molar-refractivity contribution in [2.24, 2.45) is 0 Å². The van der Waals surface area contributed by atoms with Gasteiger partial charge < -0.3 is 8.85 Å². The van der Waals surface area contributed by atoms with E-state index in [-0.39, 0.29) is 0 Å². The van der Waals surface area contributed by atoms with Crippen LogP contribution in [0.25, 0.3) is 0 Å². The van der Waals surface area contributed by atoms with E-state index in [0.29, 0.717) is 0 Å². The number of allylic oxidation sites excluding steroid dienone is 8. The van der Waals surface area contributed by atoms with Gasteiger partial charge in [-0.1, -0.05) is 36.5 Å². The number of rotatable bonds is 4. The highest BCUT2D eigenvalue weighted by Gasteiger charge is 2.43. The average Bonchev–Trinajstić information content (AvgIpc) is 2.43. The normalized spacial score (nSPS) is 28.9. The number of hydrogen-bond acceptors (Lipinski definition) is 2. The van der Waals surface area contributed by atoms with Gasteiger partial charge in [0.15, 0.2) is 0 Å². The van der Waals surface area contributed by atoms with Crippen LogP contribution in [0.4, 0.5) is 0 Å². The van der Waals surface area contributed by atoms with Gasteiger partial charge in [-0.25, -0.2) is 0 Å². The molecule has 0 atom stereocenters. The smallest absolute Gasteiger partial charge is 0.391 e. The standard InChI is InChI=1S/C18H28O2Si/c1-19-21(20-2,17-13-9-5-3-6-10-14-17)18-15-11-7-4-8-12-16-18/h5,7,9,11,13,15H,3-4,6,8,10,12,14,16H2,1-2H3/b9-5-,11-7-,17-13+,18-15+. The molecule has 0 aliphatic heterocycles. The second-order valence-electron chi connectivity index (χ2n) is 5.76. The van der Waals surface area contributed by atoms with E-state index >= 15 is 0 Å². The van der Waals surface area contributed by atoms with Crippen LogP contribution in [0.5, 0.6) is 0 Å². The van der Waals surface area contributed by atoms with Gasteiger partial charge in [0.25, 0.3) is 0 Å². The summed E-state index contributed by atoms with van der Waals surface area (Å²) < 4.78 is 12.1. The molecule has 2 nitrogen and oxygen atoms in total. The zero-order chi connectivity index (χ0) is 15.0. The molecule has 0 saturated carbocycles. The molecule has 0 radical (unpaired) electrons. The lowest BCUT2D eigenvalue weighted by Gasteiger charge is -2.33. The Kier molecular flexibility index (Phi) is 6.68. The minimum absolute atomic E-state index is 1.10. The van der Waals surface area contributed by atoms with E-state index in [2.05, 4.69) is 36.5 Å². The Hall–Kier alpha value is -0.903. The molecule has 2 aliphatic rings. The van der Waals surface area contributed by atoms with Crippen LogP contribution in [-0.2, 0) is 8.85 Å². The van der Waals surface area contributed by atoms with Crippen molar-refractivity contribution in [1.82, 2.24) is 0 Å². The zero-order valence-electron chi connectivity index (χ0n) is 13.4. The summed E-state index contributed by atoms with van der Waals surface area (Å²) in [6.45, 7) is 0. The van der Waals surface area contributed by atoms with Gasteiger partial charge >= 0.3 is 8.56 Å². The molecule has 0 amide bonds. The molecule has 2 aliphatic carbocycles. The van der Waals surface area contributed by atoms with Gasteiger partial charge in [0.05, 0.1) is 0 Å². The summed E-state index contributed by atoms with van der Waals surface area (Å²) in [6, 6.07) is 0. The van der Waals surface area contributed by atoms with Crippen molar-refractivity contribution in [3.8, 4) is 0 Å². The van der Waals surface area contributed by atoms with E-state index in [0.717, 1.165) is 12.8 Å². The van der Waals surface area contributed by atoms with Gasteiger partial charge in [0.1, 0.15) is 0 Å². The van der Waals surface area contributed by atoms with Gasteiger partial charge in [-0.05, 0) is 61.8 Å². The molecule has 0 heterocycles. The van der Waals surface area contributed by atoms with Crippen LogP contribution < -0.4 is 0 Å². The first-order chi connectivity index (χ1) is 10.3. The van der Waals surface area contributed by atoms with Gasteiger partial charge in [-0.15, -0.1) is 0 Å². The lowest BCUT2D eigenvalue weighted by atomic mass is 10.1. The Bertz CT molecular complexity index is 404. The molecule has 0 aromatic heterocycles. The summed E-state index contributed by atoms with van der Waals surface area (Å²) in [5.74, 6) is 0. The van der Waals surface area contributed by atoms with Crippen LogP contribution in [0.1, 0.15) is 51.4 Å². The largest absolute Gasteiger partial charge is 0.398 e. The first kappa shape index (κ1) is 16.5. The summed E-state index contributed by atoms with van der Waals surface area (Å²) in [4.78, 5) is 0. The van der Waals surface area contributed by atoms with Crippen LogP contribution in [0.3, 0.4) is 0 Å². The Morgan fingerprint density at radius 3 is 1.67 bits per heavy atom. The fourth-order valence-electron chi connectivity index (χ4n) is 3.25. The lowest BCUT2D eigenvalue weighted by Crippen LogP contribution is -2.45. The average molecular weight is 305 g/mol. The molecule has 0 bridgehead atoms. The summed E-state index contributed by atoms with van der Waals surface area (Å²) in [7, 11) is 1.21. The fourth-order valence-corrected chi connectivity index (χ4v) is 6.52. The van der Waals surface area contributed by atoms with Crippen molar-refractivity contribution in [2.75, 3.05) is 14.2 Å². The summed E-state index contributed by atoms with van der Waals surface area (Å²) in [6.07, 6.45) is 22.9. The quantitative estimate of drug-likeness (QED) is 0.687. The maximum atomic E-state index is 6.07. The third-order valence-corrected chi connectivity index (χ3v) is 8.10. The van der Waals surface area contributed by atoms with Crippen LogP contribution in [0.15, 0.2) is 46.8 Å². The maximum absolute atomic E-state index is 6.07. The summed E-state index contributed by atoms with van der Waals surface area (Å²) in [5, 5.41) is 2.76. The van der Waals surface area contributed by atoms with E-state index in [9.17, 15) is 0 Å². The molecule has 0 aromatic carbocycles. The predicted molar refractivity (Wildman–Crippen MR) is 91.2 cm³/mol. The maximum Gasteiger partial charge on any atom is 0.398 e. The SMILES string of the molecule is CO[Si](OC)(/C1=C/C=C\CCCC1)/C1=C/C=C\CCCC1. The third-order valence-electron chi connectivity index (χ3n) is 4.42. The molecule has 0 saturated heterocycles. The zero-order valence-corrected chi connectivity index (χ0v) is 14.4. The molecular weight excluding hydrogens is 276 g/mol. The molecule has 0 aromatic rings. The second kappa shape index (κ2) is 8.52. The molecule has 2 rings (SSSR count). The highest BCUT2D eigenvalue weighted by molar-refractivity contribution is 6.81.